The summed E-state index contributed by atoms with van der Waals surface area (Å²) in [5, 5.41) is 6.50. The Kier molecular flexibility index (Phi) is 5.22. The average molecular weight is 267 g/mol. The van der Waals surface area contributed by atoms with Gasteiger partial charge in [-0.3, -0.25) is 4.79 Å². The zero-order valence-electron chi connectivity index (χ0n) is 12.5. The number of hydrogen-bond acceptors (Lipinski definition) is 3. The van der Waals surface area contributed by atoms with Gasteiger partial charge in [0.25, 0.3) is 0 Å². The number of carbonyl (C=O) groups is 1. The number of hydrogen-bond donors (Lipinski definition) is 2. The van der Waals surface area contributed by atoms with Gasteiger partial charge in [-0.15, -0.1) is 0 Å². The van der Waals surface area contributed by atoms with Gasteiger partial charge in [-0.25, -0.2) is 0 Å². The Morgan fingerprint density at radius 2 is 1.79 bits per heavy atom. The summed E-state index contributed by atoms with van der Waals surface area (Å²) < 4.78 is 0. The lowest BCUT2D eigenvalue weighted by Gasteiger charge is -2.36. The van der Waals surface area contributed by atoms with Crippen LogP contribution in [0.4, 0.5) is 0 Å². The van der Waals surface area contributed by atoms with Gasteiger partial charge in [0.2, 0.25) is 5.91 Å². The molecule has 4 heteroatoms. The number of rotatable bonds is 6. The van der Waals surface area contributed by atoms with Crippen LogP contribution < -0.4 is 10.6 Å². The van der Waals surface area contributed by atoms with E-state index < -0.39 is 0 Å². The van der Waals surface area contributed by atoms with Crippen molar-refractivity contribution in [3.8, 4) is 0 Å². The predicted octanol–water partition coefficient (Wildman–Crippen LogP) is 1.51. The molecule has 2 aliphatic carbocycles. The van der Waals surface area contributed by atoms with Crippen LogP contribution in [-0.4, -0.2) is 49.6 Å². The van der Waals surface area contributed by atoms with E-state index in [1.165, 1.54) is 38.5 Å². The molecular weight excluding hydrogens is 238 g/mol. The van der Waals surface area contributed by atoms with Crippen molar-refractivity contribution in [2.24, 2.45) is 0 Å². The normalized spacial score (nSPS) is 23.1. The molecule has 0 aliphatic heterocycles. The molecule has 0 heterocycles. The Labute approximate surface area is 117 Å². The first kappa shape index (κ1) is 14.8. The molecule has 0 aromatic carbocycles. The molecule has 2 rings (SSSR count). The van der Waals surface area contributed by atoms with Crippen molar-refractivity contribution in [2.75, 3.05) is 27.2 Å². The maximum absolute atomic E-state index is 11.9. The third kappa shape index (κ3) is 3.93. The van der Waals surface area contributed by atoms with E-state index in [1.807, 2.05) is 0 Å². The van der Waals surface area contributed by atoms with E-state index in [0.717, 1.165) is 19.4 Å². The van der Waals surface area contributed by atoms with E-state index in [1.54, 1.807) is 0 Å². The van der Waals surface area contributed by atoms with Gasteiger partial charge in [0.15, 0.2) is 0 Å². The summed E-state index contributed by atoms with van der Waals surface area (Å²) in [7, 11) is 4.32. The van der Waals surface area contributed by atoms with Crippen LogP contribution in [0.2, 0.25) is 0 Å². The van der Waals surface area contributed by atoms with Crippen molar-refractivity contribution in [3.63, 3.8) is 0 Å². The third-order valence-electron chi connectivity index (χ3n) is 4.94. The fourth-order valence-electron chi connectivity index (χ4n) is 3.57. The molecule has 2 fully saturated rings. The summed E-state index contributed by atoms with van der Waals surface area (Å²) in [4.78, 5) is 14.2. The van der Waals surface area contributed by atoms with Crippen LogP contribution in [0.3, 0.4) is 0 Å². The van der Waals surface area contributed by atoms with Gasteiger partial charge in [-0.05, 0) is 39.8 Å². The molecule has 2 saturated carbocycles. The lowest BCUT2D eigenvalue weighted by atomic mass is 9.96. The van der Waals surface area contributed by atoms with Crippen LogP contribution in [0, 0.1) is 0 Å². The van der Waals surface area contributed by atoms with Crippen molar-refractivity contribution >= 4 is 5.91 Å². The predicted molar refractivity (Wildman–Crippen MR) is 78.2 cm³/mol. The minimum absolute atomic E-state index is 0.166. The smallest absolute Gasteiger partial charge is 0.234 e. The van der Waals surface area contributed by atoms with Gasteiger partial charge in [-0.1, -0.05) is 25.7 Å². The highest BCUT2D eigenvalue weighted by Gasteiger charge is 2.35. The lowest BCUT2D eigenvalue weighted by molar-refractivity contribution is -0.121. The van der Waals surface area contributed by atoms with Gasteiger partial charge >= 0.3 is 0 Å². The molecule has 2 aliphatic rings. The molecular formula is C15H29N3O. The van der Waals surface area contributed by atoms with Gasteiger partial charge < -0.3 is 15.5 Å². The zero-order chi connectivity index (χ0) is 13.7. The Morgan fingerprint density at radius 1 is 1.16 bits per heavy atom. The van der Waals surface area contributed by atoms with Crippen molar-refractivity contribution < 1.29 is 4.79 Å². The number of nitrogens with zero attached hydrogens (tertiary/aromatic N) is 1. The van der Waals surface area contributed by atoms with E-state index in [-0.39, 0.29) is 11.4 Å². The first-order valence-electron chi connectivity index (χ1n) is 7.80. The molecule has 0 atom stereocenters. The summed E-state index contributed by atoms with van der Waals surface area (Å²) in [5.41, 5.74) is 0.271. The van der Waals surface area contributed by atoms with Crippen molar-refractivity contribution in [1.82, 2.24) is 15.5 Å². The lowest BCUT2D eigenvalue weighted by Crippen LogP contribution is -2.51. The molecule has 0 unspecified atom stereocenters. The van der Waals surface area contributed by atoms with Gasteiger partial charge in [0.05, 0.1) is 6.54 Å². The second kappa shape index (κ2) is 6.71. The number of carbonyl (C=O) groups excluding carboxylic acids is 1. The summed E-state index contributed by atoms with van der Waals surface area (Å²) in [6.07, 6.45) is 9.97. The molecule has 1 amide bonds. The maximum Gasteiger partial charge on any atom is 0.234 e. The Hall–Kier alpha value is -0.610. The number of likely N-dealkylation sites (N-methyl/N-ethyl adjacent to an activating group) is 1. The van der Waals surface area contributed by atoms with Crippen LogP contribution in [0.25, 0.3) is 0 Å². The molecule has 2 N–H and O–H groups in total. The van der Waals surface area contributed by atoms with Crippen LogP contribution in [-0.2, 0) is 4.79 Å². The zero-order valence-corrected chi connectivity index (χ0v) is 12.5. The van der Waals surface area contributed by atoms with Crippen LogP contribution in [0.15, 0.2) is 0 Å². The molecule has 0 aromatic heterocycles. The Morgan fingerprint density at radius 3 is 2.37 bits per heavy atom. The highest BCUT2D eigenvalue weighted by molar-refractivity contribution is 5.78. The van der Waals surface area contributed by atoms with E-state index >= 15 is 0 Å². The molecule has 4 nitrogen and oxygen atoms in total. The maximum atomic E-state index is 11.9. The molecule has 19 heavy (non-hydrogen) atoms. The van der Waals surface area contributed by atoms with Crippen LogP contribution in [0.5, 0.6) is 0 Å². The molecule has 0 saturated heterocycles. The van der Waals surface area contributed by atoms with Gasteiger partial charge in [-0.2, -0.15) is 0 Å². The molecule has 110 valence electrons. The Bertz CT molecular complexity index is 292. The quantitative estimate of drug-likeness (QED) is 0.767. The van der Waals surface area contributed by atoms with Crippen LogP contribution in [0.1, 0.15) is 51.4 Å². The second-order valence-electron chi connectivity index (χ2n) is 6.48. The summed E-state index contributed by atoms with van der Waals surface area (Å²) in [5.74, 6) is 0.166. The van der Waals surface area contributed by atoms with Crippen LogP contribution >= 0.6 is 0 Å². The fraction of sp³-hybridized carbons (Fsp3) is 0.933. The van der Waals surface area contributed by atoms with E-state index in [2.05, 4.69) is 29.6 Å². The van der Waals surface area contributed by atoms with E-state index in [9.17, 15) is 4.79 Å². The minimum atomic E-state index is 0.166. The summed E-state index contributed by atoms with van der Waals surface area (Å²) >= 11 is 0. The van der Waals surface area contributed by atoms with Crippen molar-refractivity contribution in [2.45, 2.75) is 62.9 Å². The van der Waals surface area contributed by atoms with Crippen molar-refractivity contribution in [1.29, 1.82) is 0 Å². The van der Waals surface area contributed by atoms with Gasteiger partial charge in [0, 0.05) is 18.1 Å². The highest BCUT2D eigenvalue weighted by atomic mass is 16.1. The first-order chi connectivity index (χ1) is 9.12. The van der Waals surface area contributed by atoms with Gasteiger partial charge in [0.1, 0.15) is 0 Å². The monoisotopic (exact) mass is 267 g/mol. The number of nitrogens with one attached hydrogen (secondary N) is 2. The summed E-state index contributed by atoms with van der Waals surface area (Å²) in [6.45, 7) is 1.39. The SMILES string of the molecule is CN(C)C1(CNCC(=O)NC2CCCC2)CCCC1. The summed E-state index contributed by atoms with van der Waals surface area (Å²) in [6, 6.07) is 0.434. The molecule has 0 aromatic rings. The molecule has 0 radical (unpaired) electrons. The molecule has 0 spiro atoms. The Balaban J connectivity index is 1.68. The van der Waals surface area contributed by atoms with E-state index in [4.69, 9.17) is 0 Å². The second-order valence-corrected chi connectivity index (χ2v) is 6.48. The first-order valence-corrected chi connectivity index (χ1v) is 7.80. The topological polar surface area (TPSA) is 44.4 Å². The number of amides is 1. The van der Waals surface area contributed by atoms with Crippen molar-refractivity contribution in [3.05, 3.63) is 0 Å². The molecule has 0 bridgehead atoms. The van der Waals surface area contributed by atoms with E-state index in [0.29, 0.717) is 12.6 Å². The highest BCUT2D eigenvalue weighted by Crippen LogP contribution is 2.32. The largest absolute Gasteiger partial charge is 0.352 e. The third-order valence-corrected chi connectivity index (χ3v) is 4.94. The average Bonchev–Trinajstić information content (AvgIpc) is 3.00. The fourth-order valence-corrected chi connectivity index (χ4v) is 3.57. The standard InChI is InChI=1S/C15H29N3O/c1-18(2)15(9-5-6-10-15)12-16-11-14(19)17-13-7-3-4-8-13/h13,16H,3-12H2,1-2H3,(H,17,19). The minimum Gasteiger partial charge on any atom is -0.352 e.